The number of ketones is 1. The van der Waals surface area contributed by atoms with E-state index < -0.39 is 0 Å². The quantitative estimate of drug-likeness (QED) is 0.765. The summed E-state index contributed by atoms with van der Waals surface area (Å²) in [7, 11) is 0. The van der Waals surface area contributed by atoms with Gasteiger partial charge in [0, 0.05) is 6.42 Å². The van der Waals surface area contributed by atoms with Gasteiger partial charge >= 0.3 is 0 Å². The molecule has 1 heteroatoms. The van der Waals surface area contributed by atoms with Crippen LogP contribution in [0.2, 0.25) is 0 Å². The number of benzene rings is 1. The SMILES string of the molecule is O=C1C=C(c2ccccc2)CC(CC2CC2)C1. The predicted octanol–water partition coefficient (Wildman–Crippen LogP) is 3.85. The Balaban J connectivity index is 1.77. The number of hydrogen-bond acceptors (Lipinski definition) is 1. The van der Waals surface area contributed by atoms with Gasteiger partial charge in [-0.05, 0) is 41.9 Å². The van der Waals surface area contributed by atoms with Crippen molar-refractivity contribution >= 4 is 11.4 Å². The molecule has 0 heterocycles. The van der Waals surface area contributed by atoms with Crippen LogP contribution in [0.3, 0.4) is 0 Å². The fourth-order valence-electron chi connectivity index (χ4n) is 2.82. The number of carbonyl (C=O) groups excluding carboxylic acids is 1. The summed E-state index contributed by atoms with van der Waals surface area (Å²) in [5.74, 6) is 1.83. The first-order valence-corrected chi connectivity index (χ1v) is 6.60. The van der Waals surface area contributed by atoms with E-state index in [1.165, 1.54) is 30.4 Å². The molecule has 0 spiro atoms. The van der Waals surface area contributed by atoms with Crippen LogP contribution >= 0.6 is 0 Å². The van der Waals surface area contributed by atoms with Crippen LogP contribution in [-0.4, -0.2) is 5.78 Å². The van der Waals surface area contributed by atoms with Crippen LogP contribution in [0.4, 0.5) is 0 Å². The number of allylic oxidation sites excluding steroid dienone is 2. The van der Waals surface area contributed by atoms with E-state index >= 15 is 0 Å². The van der Waals surface area contributed by atoms with Crippen molar-refractivity contribution in [1.82, 2.24) is 0 Å². The molecule has 2 aliphatic carbocycles. The fourth-order valence-corrected chi connectivity index (χ4v) is 2.82. The van der Waals surface area contributed by atoms with Crippen molar-refractivity contribution in [3.05, 3.63) is 42.0 Å². The number of carbonyl (C=O) groups is 1. The Morgan fingerprint density at radius 1 is 1.00 bits per heavy atom. The van der Waals surface area contributed by atoms with Crippen molar-refractivity contribution in [3.63, 3.8) is 0 Å². The Hall–Kier alpha value is -1.37. The lowest BCUT2D eigenvalue weighted by Gasteiger charge is -2.22. The summed E-state index contributed by atoms with van der Waals surface area (Å²) in [6.07, 6.45) is 7.75. The van der Waals surface area contributed by atoms with E-state index in [4.69, 9.17) is 0 Å². The fraction of sp³-hybridized carbons (Fsp3) is 0.438. The first kappa shape index (κ1) is 10.8. The predicted molar refractivity (Wildman–Crippen MR) is 69.5 cm³/mol. The van der Waals surface area contributed by atoms with Crippen LogP contribution in [-0.2, 0) is 4.79 Å². The van der Waals surface area contributed by atoms with Gasteiger partial charge in [0.15, 0.2) is 5.78 Å². The van der Waals surface area contributed by atoms with Gasteiger partial charge in [-0.25, -0.2) is 0 Å². The van der Waals surface area contributed by atoms with Crippen LogP contribution in [0.25, 0.3) is 5.57 Å². The molecule has 1 saturated carbocycles. The highest BCUT2D eigenvalue weighted by molar-refractivity contribution is 5.98. The average Bonchev–Trinajstić information content (AvgIpc) is 3.13. The molecule has 88 valence electrons. The molecule has 1 nitrogen and oxygen atoms in total. The lowest BCUT2D eigenvalue weighted by atomic mass is 9.82. The molecule has 1 unspecified atom stereocenters. The summed E-state index contributed by atoms with van der Waals surface area (Å²) < 4.78 is 0. The van der Waals surface area contributed by atoms with Gasteiger partial charge in [0.2, 0.25) is 0 Å². The molecule has 0 aliphatic heterocycles. The first-order chi connectivity index (χ1) is 8.31. The second-order valence-electron chi connectivity index (χ2n) is 5.46. The van der Waals surface area contributed by atoms with E-state index in [2.05, 4.69) is 12.1 Å². The summed E-state index contributed by atoms with van der Waals surface area (Å²) in [6.45, 7) is 0. The second kappa shape index (κ2) is 4.48. The molecule has 0 N–H and O–H groups in total. The highest BCUT2D eigenvalue weighted by atomic mass is 16.1. The van der Waals surface area contributed by atoms with Gasteiger partial charge in [-0.15, -0.1) is 0 Å². The van der Waals surface area contributed by atoms with Gasteiger partial charge in [0.1, 0.15) is 0 Å². The van der Waals surface area contributed by atoms with Gasteiger partial charge in [-0.2, -0.15) is 0 Å². The number of hydrogen-bond donors (Lipinski definition) is 0. The minimum absolute atomic E-state index is 0.320. The van der Waals surface area contributed by atoms with Crippen LogP contribution in [0.5, 0.6) is 0 Å². The lowest BCUT2D eigenvalue weighted by Crippen LogP contribution is -2.14. The molecule has 17 heavy (non-hydrogen) atoms. The van der Waals surface area contributed by atoms with Crippen molar-refractivity contribution in [2.45, 2.75) is 32.1 Å². The molecular formula is C16H18O. The zero-order valence-corrected chi connectivity index (χ0v) is 10.1. The lowest BCUT2D eigenvalue weighted by molar-refractivity contribution is -0.115. The van der Waals surface area contributed by atoms with Gasteiger partial charge in [-0.3, -0.25) is 4.79 Å². The maximum Gasteiger partial charge on any atom is 0.156 e. The molecule has 1 aromatic rings. The molecule has 1 atom stereocenters. The Bertz CT molecular complexity index is 440. The van der Waals surface area contributed by atoms with E-state index in [-0.39, 0.29) is 0 Å². The molecule has 1 fully saturated rings. The monoisotopic (exact) mass is 226 g/mol. The van der Waals surface area contributed by atoms with Gasteiger partial charge in [-0.1, -0.05) is 43.2 Å². The average molecular weight is 226 g/mol. The van der Waals surface area contributed by atoms with Crippen LogP contribution < -0.4 is 0 Å². The second-order valence-corrected chi connectivity index (χ2v) is 5.46. The van der Waals surface area contributed by atoms with Crippen molar-refractivity contribution in [2.75, 3.05) is 0 Å². The molecule has 0 bridgehead atoms. The normalized spacial score (nSPS) is 24.6. The maximum atomic E-state index is 11.8. The number of rotatable bonds is 3. The Kier molecular flexibility index (Phi) is 2.84. The van der Waals surface area contributed by atoms with Crippen LogP contribution in [0.1, 0.15) is 37.7 Å². The van der Waals surface area contributed by atoms with Crippen molar-refractivity contribution in [3.8, 4) is 0 Å². The summed E-state index contributed by atoms with van der Waals surface area (Å²) in [5, 5.41) is 0. The molecule has 0 radical (unpaired) electrons. The first-order valence-electron chi connectivity index (χ1n) is 6.60. The van der Waals surface area contributed by atoms with E-state index in [9.17, 15) is 4.79 Å². The molecule has 3 rings (SSSR count). The van der Waals surface area contributed by atoms with Crippen LogP contribution in [0, 0.1) is 11.8 Å². The Labute approximate surface area is 103 Å². The largest absolute Gasteiger partial charge is 0.295 e. The zero-order valence-electron chi connectivity index (χ0n) is 10.1. The van der Waals surface area contributed by atoms with E-state index in [1.807, 2.05) is 24.3 Å². The third kappa shape index (κ3) is 2.66. The third-order valence-electron chi connectivity index (χ3n) is 3.84. The molecule has 0 amide bonds. The maximum absolute atomic E-state index is 11.8. The molecular weight excluding hydrogens is 208 g/mol. The van der Waals surface area contributed by atoms with E-state index in [0.717, 1.165) is 18.8 Å². The summed E-state index contributed by atoms with van der Waals surface area (Å²) in [5.41, 5.74) is 2.47. The summed E-state index contributed by atoms with van der Waals surface area (Å²) in [4.78, 5) is 11.8. The van der Waals surface area contributed by atoms with Gasteiger partial charge in [0.05, 0.1) is 0 Å². The Morgan fingerprint density at radius 3 is 2.47 bits per heavy atom. The topological polar surface area (TPSA) is 17.1 Å². The van der Waals surface area contributed by atoms with Crippen LogP contribution in [0.15, 0.2) is 36.4 Å². The molecule has 0 saturated heterocycles. The highest BCUT2D eigenvalue weighted by Gasteiger charge is 2.29. The molecule has 0 aromatic heterocycles. The third-order valence-corrected chi connectivity index (χ3v) is 3.84. The van der Waals surface area contributed by atoms with E-state index in [1.54, 1.807) is 0 Å². The van der Waals surface area contributed by atoms with Gasteiger partial charge < -0.3 is 0 Å². The van der Waals surface area contributed by atoms with Crippen molar-refractivity contribution in [1.29, 1.82) is 0 Å². The zero-order chi connectivity index (χ0) is 11.7. The van der Waals surface area contributed by atoms with Crippen molar-refractivity contribution < 1.29 is 4.79 Å². The van der Waals surface area contributed by atoms with Gasteiger partial charge in [0.25, 0.3) is 0 Å². The minimum Gasteiger partial charge on any atom is -0.295 e. The minimum atomic E-state index is 0.320. The smallest absolute Gasteiger partial charge is 0.156 e. The van der Waals surface area contributed by atoms with Crippen molar-refractivity contribution in [2.24, 2.45) is 11.8 Å². The Morgan fingerprint density at radius 2 is 1.76 bits per heavy atom. The molecule has 2 aliphatic rings. The molecule has 1 aromatic carbocycles. The summed E-state index contributed by atoms with van der Waals surface area (Å²) >= 11 is 0. The standard InChI is InChI=1S/C16H18O/c17-16-10-13(8-12-6-7-12)9-15(11-16)14-4-2-1-3-5-14/h1-5,11-13H,6-10H2. The highest BCUT2D eigenvalue weighted by Crippen LogP contribution is 2.40. The van der Waals surface area contributed by atoms with E-state index in [0.29, 0.717) is 11.7 Å². The summed E-state index contributed by atoms with van der Waals surface area (Å²) in [6, 6.07) is 10.3.